The van der Waals surface area contributed by atoms with Gasteiger partial charge in [0.1, 0.15) is 5.75 Å². The molecule has 0 aliphatic rings. The second-order valence-electron chi connectivity index (χ2n) is 5.58. The topological polar surface area (TPSA) is 58.5 Å². The molecule has 0 saturated carbocycles. The number of aliphatic imine (C=N–C) groups is 1. The molecule has 1 heterocycles. The maximum absolute atomic E-state index is 5.86. The predicted octanol–water partition coefficient (Wildman–Crippen LogP) is 4.03. The Morgan fingerprint density at radius 3 is 2.64 bits per heavy atom. The number of guanidine groups is 1. The van der Waals surface area contributed by atoms with Crippen LogP contribution in [-0.2, 0) is 13.1 Å². The number of benzene rings is 1. The van der Waals surface area contributed by atoms with Gasteiger partial charge in [-0.15, -0.1) is 35.3 Å². The van der Waals surface area contributed by atoms with Crippen LogP contribution in [0, 0.1) is 13.8 Å². The molecule has 0 saturated heterocycles. The lowest BCUT2D eigenvalue weighted by molar-refractivity contribution is 0.313. The molecule has 0 radical (unpaired) electrons. The Morgan fingerprint density at radius 2 is 2.00 bits per heavy atom. The number of ether oxygens (including phenoxy) is 1. The molecule has 25 heavy (non-hydrogen) atoms. The molecule has 2 aromatic rings. The third kappa shape index (κ3) is 7.19. The lowest BCUT2D eigenvalue weighted by Crippen LogP contribution is -2.36. The lowest BCUT2D eigenvalue weighted by atomic mass is 10.1. The van der Waals surface area contributed by atoms with Crippen molar-refractivity contribution in [3.8, 4) is 5.75 Å². The number of hydrogen-bond donors (Lipinski definition) is 2. The number of nitrogens with one attached hydrogen (secondary N) is 2. The molecule has 2 rings (SSSR count). The van der Waals surface area contributed by atoms with Gasteiger partial charge in [0.15, 0.2) is 5.96 Å². The second-order valence-corrected chi connectivity index (χ2v) is 6.90. The maximum Gasteiger partial charge on any atom is 0.191 e. The van der Waals surface area contributed by atoms with Crippen LogP contribution < -0.4 is 15.4 Å². The number of nitrogens with zero attached hydrogens (tertiary/aromatic N) is 2. The minimum Gasteiger partial charge on any atom is -0.493 e. The van der Waals surface area contributed by atoms with Crippen LogP contribution in [0.2, 0.25) is 0 Å². The van der Waals surface area contributed by atoms with Crippen LogP contribution >= 0.6 is 35.3 Å². The molecule has 0 atom stereocenters. The number of aryl methyl sites for hydroxylation is 2. The second kappa shape index (κ2) is 11.3. The van der Waals surface area contributed by atoms with Gasteiger partial charge < -0.3 is 15.4 Å². The van der Waals surface area contributed by atoms with Crippen molar-refractivity contribution in [2.75, 3.05) is 13.7 Å². The van der Waals surface area contributed by atoms with Crippen LogP contribution in [0.5, 0.6) is 5.75 Å². The average molecular weight is 474 g/mol. The maximum atomic E-state index is 5.86. The number of hydrogen-bond acceptors (Lipinski definition) is 4. The van der Waals surface area contributed by atoms with Crippen molar-refractivity contribution >= 4 is 41.3 Å². The summed E-state index contributed by atoms with van der Waals surface area (Å²) in [6.45, 7) is 8.32. The molecule has 1 aromatic heterocycles. The molecule has 1 aromatic carbocycles. The van der Waals surface area contributed by atoms with Gasteiger partial charge in [0.05, 0.1) is 18.2 Å². The first-order valence-electron chi connectivity index (χ1n) is 8.20. The van der Waals surface area contributed by atoms with E-state index in [0.717, 1.165) is 41.9 Å². The Morgan fingerprint density at radius 1 is 1.24 bits per heavy atom. The third-order valence-electron chi connectivity index (χ3n) is 3.45. The highest BCUT2D eigenvalue weighted by molar-refractivity contribution is 14.0. The summed E-state index contributed by atoms with van der Waals surface area (Å²) >= 11 is 1.69. The van der Waals surface area contributed by atoms with Crippen molar-refractivity contribution in [2.24, 2.45) is 4.99 Å². The fourth-order valence-corrected chi connectivity index (χ4v) is 2.95. The summed E-state index contributed by atoms with van der Waals surface area (Å²) in [6.07, 6.45) is 2.90. The van der Waals surface area contributed by atoms with Crippen molar-refractivity contribution in [1.82, 2.24) is 15.6 Å². The Bertz CT molecular complexity index is 687. The first-order valence-corrected chi connectivity index (χ1v) is 9.02. The summed E-state index contributed by atoms with van der Waals surface area (Å²) < 4.78 is 5.86. The van der Waals surface area contributed by atoms with E-state index in [1.165, 1.54) is 10.4 Å². The molecule has 138 valence electrons. The number of halogens is 1. The zero-order valence-electron chi connectivity index (χ0n) is 15.3. The molecule has 2 N–H and O–H groups in total. The summed E-state index contributed by atoms with van der Waals surface area (Å²) in [5.74, 6) is 1.71. The van der Waals surface area contributed by atoms with E-state index in [4.69, 9.17) is 4.74 Å². The van der Waals surface area contributed by atoms with Gasteiger partial charge in [-0.25, -0.2) is 4.98 Å². The van der Waals surface area contributed by atoms with Crippen LogP contribution in [0.25, 0.3) is 0 Å². The van der Waals surface area contributed by atoms with Crippen molar-refractivity contribution in [1.29, 1.82) is 0 Å². The predicted molar refractivity (Wildman–Crippen MR) is 116 cm³/mol. The van der Waals surface area contributed by atoms with E-state index in [1.807, 2.05) is 13.1 Å². The standard InChI is InChI=1S/C18H26N4OS.HI/c1-5-8-23-17-9-13(2)6-7-15(17)10-21-18(19-4)22-12-16-11-20-14(3)24-16;/h6-7,9,11H,5,8,10,12H2,1-4H3,(H2,19,21,22);1H. The lowest BCUT2D eigenvalue weighted by Gasteiger charge is -2.15. The molecule has 0 unspecified atom stereocenters. The quantitative estimate of drug-likeness (QED) is 0.362. The molecule has 5 nitrogen and oxygen atoms in total. The largest absolute Gasteiger partial charge is 0.493 e. The molecular formula is C18H27IN4OS. The van der Waals surface area contributed by atoms with Gasteiger partial charge >= 0.3 is 0 Å². The Labute approximate surface area is 171 Å². The monoisotopic (exact) mass is 474 g/mol. The zero-order chi connectivity index (χ0) is 17.4. The Balaban J connectivity index is 0.00000312. The smallest absolute Gasteiger partial charge is 0.191 e. The van der Waals surface area contributed by atoms with Gasteiger partial charge in [0.25, 0.3) is 0 Å². The van der Waals surface area contributed by atoms with Crippen LogP contribution in [0.15, 0.2) is 29.4 Å². The van der Waals surface area contributed by atoms with Crippen molar-refractivity contribution < 1.29 is 4.74 Å². The highest BCUT2D eigenvalue weighted by atomic mass is 127. The first-order chi connectivity index (χ1) is 11.6. The van der Waals surface area contributed by atoms with Crippen LogP contribution in [0.3, 0.4) is 0 Å². The van der Waals surface area contributed by atoms with E-state index in [9.17, 15) is 0 Å². The third-order valence-corrected chi connectivity index (χ3v) is 4.37. The molecule has 0 amide bonds. The summed E-state index contributed by atoms with van der Waals surface area (Å²) in [5, 5.41) is 7.73. The molecule has 0 spiro atoms. The Kier molecular flexibility index (Phi) is 9.81. The number of aromatic nitrogens is 1. The van der Waals surface area contributed by atoms with E-state index in [-0.39, 0.29) is 24.0 Å². The van der Waals surface area contributed by atoms with Crippen molar-refractivity contribution in [3.63, 3.8) is 0 Å². The van der Waals surface area contributed by atoms with E-state index in [1.54, 1.807) is 18.4 Å². The molecule has 0 bridgehead atoms. The summed E-state index contributed by atoms with van der Waals surface area (Å²) in [7, 11) is 1.77. The van der Waals surface area contributed by atoms with Gasteiger partial charge in [0, 0.05) is 30.2 Å². The van der Waals surface area contributed by atoms with E-state index < -0.39 is 0 Å². The SMILES string of the molecule is CCCOc1cc(C)ccc1CNC(=NC)NCc1cnc(C)s1.I. The van der Waals surface area contributed by atoms with Gasteiger partial charge in [-0.3, -0.25) is 4.99 Å². The highest BCUT2D eigenvalue weighted by Crippen LogP contribution is 2.20. The van der Waals surface area contributed by atoms with E-state index in [0.29, 0.717) is 6.54 Å². The summed E-state index contributed by atoms with van der Waals surface area (Å²) in [6, 6.07) is 6.29. The first kappa shape index (κ1) is 21.7. The van der Waals surface area contributed by atoms with Gasteiger partial charge in [0.2, 0.25) is 0 Å². The van der Waals surface area contributed by atoms with Crippen molar-refractivity contribution in [3.05, 3.63) is 45.4 Å². The molecule has 0 fully saturated rings. The summed E-state index contributed by atoms with van der Waals surface area (Å²) in [5.41, 5.74) is 2.33. The van der Waals surface area contributed by atoms with E-state index >= 15 is 0 Å². The van der Waals surface area contributed by atoms with Crippen LogP contribution in [0.1, 0.15) is 34.4 Å². The molecular weight excluding hydrogens is 447 g/mol. The average Bonchev–Trinajstić information content (AvgIpc) is 2.99. The molecule has 7 heteroatoms. The minimum absolute atomic E-state index is 0. The fraction of sp³-hybridized carbons (Fsp3) is 0.444. The normalized spacial score (nSPS) is 11.0. The van der Waals surface area contributed by atoms with Gasteiger partial charge in [-0.05, 0) is 31.9 Å². The molecule has 0 aliphatic heterocycles. The number of thiazole rings is 1. The van der Waals surface area contributed by atoms with Gasteiger partial charge in [-0.2, -0.15) is 0 Å². The zero-order valence-corrected chi connectivity index (χ0v) is 18.4. The summed E-state index contributed by atoms with van der Waals surface area (Å²) in [4.78, 5) is 9.73. The minimum atomic E-state index is 0. The van der Waals surface area contributed by atoms with Crippen LogP contribution in [0.4, 0.5) is 0 Å². The van der Waals surface area contributed by atoms with Crippen LogP contribution in [-0.4, -0.2) is 24.6 Å². The number of rotatable bonds is 7. The van der Waals surface area contributed by atoms with E-state index in [2.05, 4.69) is 52.7 Å². The Hall–Kier alpha value is -1.35. The molecule has 0 aliphatic carbocycles. The van der Waals surface area contributed by atoms with Crippen molar-refractivity contribution in [2.45, 2.75) is 40.3 Å². The highest BCUT2D eigenvalue weighted by Gasteiger charge is 2.06. The fourth-order valence-electron chi connectivity index (χ4n) is 2.21. The van der Waals surface area contributed by atoms with Gasteiger partial charge in [-0.1, -0.05) is 19.1 Å².